The first-order valence-electron chi connectivity index (χ1n) is 7.62. The first-order valence-corrected chi connectivity index (χ1v) is 10.9. The number of halogens is 1. The van der Waals surface area contributed by atoms with Gasteiger partial charge in [0.1, 0.15) is 0 Å². The Morgan fingerprint density at radius 2 is 1.25 bits per heavy atom. The zero-order valence-electron chi connectivity index (χ0n) is 13.7. The van der Waals surface area contributed by atoms with Gasteiger partial charge in [-0.05, 0) is 27.8 Å². The van der Waals surface area contributed by atoms with Crippen LogP contribution < -0.4 is 0 Å². The van der Waals surface area contributed by atoms with E-state index < -0.39 is 8.32 Å². The van der Waals surface area contributed by atoms with Gasteiger partial charge in [0.25, 0.3) is 0 Å². The molecule has 0 aliphatic rings. The van der Waals surface area contributed by atoms with Crippen molar-refractivity contribution in [2.75, 3.05) is 0 Å². The van der Waals surface area contributed by atoms with Crippen molar-refractivity contribution in [2.24, 2.45) is 0 Å². The molecule has 0 bridgehead atoms. The summed E-state index contributed by atoms with van der Waals surface area (Å²) in [5, 5.41) is 0.913. The topological polar surface area (TPSA) is 9.23 Å². The van der Waals surface area contributed by atoms with Crippen LogP contribution in [0.2, 0.25) is 16.6 Å². The Bertz CT molecular complexity index is 376. The summed E-state index contributed by atoms with van der Waals surface area (Å²) in [6.07, 6.45) is 0. The number of hydrogen-bond acceptors (Lipinski definition) is 1. The molecule has 20 heavy (non-hydrogen) atoms. The molecule has 1 aromatic carbocycles. The van der Waals surface area contributed by atoms with Gasteiger partial charge < -0.3 is 4.43 Å². The van der Waals surface area contributed by atoms with Crippen LogP contribution in [0.15, 0.2) is 24.3 Å². The summed E-state index contributed by atoms with van der Waals surface area (Å²) in [5.41, 5.74) is 4.53. The number of rotatable bonds is 7. The smallest absolute Gasteiger partial charge is 0.200 e. The molecule has 0 radical (unpaired) electrons. The maximum atomic E-state index is 6.60. The molecule has 1 nitrogen and oxygen atoms in total. The summed E-state index contributed by atoms with van der Waals surface area (Å²) in [6, 6.07) is 8.74. The molecule has 0 saturated heterocycles. The zero-order chi connectivity index (χ0) is 15.3. The Kier molecular flexibility index (Phi) is 6.96. The van der Waals surface area contributed by atoms with Crippen molar-refractivity contribution in [3.63, 3.8) is 0 Å². The minimum absolute atomic E-state index is 0.643. The van der Waals surface area contributed by atoms with Crippen LogP contribution in [-0.4, -0.2) is 8.32 Å². The summed E-state index contributed by atoms with van der Waals surface area (Å²) in [4.78, 5) is 0. The normalized spacial score (nSPS) is 12.7. The fraction of sp³-hybridized carbons (Fsp3) is 0.647. The van der Waals surface area contributed by atoms with E-state index in [-0.39, 0.29) is 0 Å². The van der Waals surface area contributed by atoms with Gasteiger partial charge in [0, 0.05) is 5.33 Å². The third-order valence-electron chi connectivity index (χ3n) is 4.37. The van der Waals surface area contributed by atoms with Crippen molar-refractivity contribution in [2.45, 2.75) is 70.1 Å². The summed E-state index contributed by atoms with van der Waals surface area (Å²) < 4.78 is 6.60. The fourth-order valence-corrected chi connectivity index (χ4v) is 9.22. The van der Waals surface area contributed by atoms with Crippen molar-refractivity contribution in [1.82, 2.24) is 0 Å². The van der Waals surface area contributed by atoms with Crippen molar-refractivity contribution in [1.29, 1.82) is 0 Å². The second kappa shape index (κ2) is 7.76. The van der Waals surface area contributed by atoms with E-state index in [0.717, 1.165) is 11.9 Å². The van der Waals surface area contributed by atoms with E-state index in [1.54, 1.807) is 0 Å². The predicted molar refractivity (Wildman–Crippen MR) is 94.9 cm³/mol. The summed E-state index contributed by atoms with van der Waals surface area (Å²) in [5.74, 6) is 0. The molecule has 0 heterocycles. The van der Waals surface area contributed by atoms with E-state index in [2.05, 4.69) is 81.7 Å². The zero-order valence-corrected chi connectivity index (χ0v) is 16.3. The molecule has 0 aromatic heterocycles. The molecule has 0 saturated carbocycles. The molecule has 0 atom stereocenters. The Balaban J connectivity index is 2.85. The molecule has 0 N–H and O–H groups in total. The highest BCUT2D eigenvalue weighted by Gasteiger charge is 2.44. The second-order valence-electron chi connectivity index (χ2n) is 6.56. The van der Waals surface area contributed by atoms with Gasteiger partial charge in [-0.3, -0.25) is 0 Å². The van der Waals surface area contributed by atoms with Crippen molar-refractivity contribution in [3.8, 4) is 0 Å². The van der Waals surface area contributed by atoms with E-state index in [4.69, 9.17) is 4.43 Å². The van der Waals surface area contributed by atoms with Crippen molar-refractivity contribution in [3.05, 3.63) is 35.4 Å². The van der Waals surface area contributed by atoms with Crippen LogP contribution in [0.5, 0.6) is 0 Å². The van der Waals surface area contributed by atoms with Crippen molar-refractivity contribution < 1.29 is 4.43 Å². The van der Waals surface area contributed by atoms with E-state index in [9.17, 15) is 0 Å². The highest BCUT2D eigenvalue weighted by molar-refractivity contribution is 9.08. The van der Waals surface area contributed by atoms with Crippen LogP contribution in [0.25, 0.3) is 0 Å². The van der Waals surface area contributed by atoms with Gasteiger partial charge >= 0.3 is 0 Å². The quantitative estimate of drug-likeness (QED) is 0.412. The van der Waals surface area contributed by atoms with Gasteiger partial charge in [-0.15, -0.1) is 0 Å². The maximum Gasteiger partial charge on any atom is 0.200 e. The number of benzene rings is 1. The van der Waals surface area contributed by atoms with Gasteiger partial charge in [0.05, 0.1) is 6.61 Å². The molecule has 0 aliphatic heterocycles. The van der Waals surface area contributed by atoms with Crippen LogP contribution in [0.4, 0.5) is 0 Å². The first-order chi connectivity index (χ1) is 9.34. The van der Waals surface area contributed by atoms with Crippen molar-refractivity contribution >= 4 is 24.2 Å². The monoisotopic (exact) mass is 356 g/mol. The van der Waals surface area contributed by atoms with Crippen LogP contribution in [-0.2, 0) is 16.4 Å². The minimum Gasteiger partial charge on any atom is -0.412 e. The lowest BCUT2D eigenvalue weighted by atomic mass is 10.2. The van der Waals surface area contributed by atoms with E-state index in [1.165, 1.54) is 11.1 Å². The molecule has 114 valence electrons. The largest absolute Gasteiger partial charge is 0.412 e. The molecule has 0 fully saturated rings. The molecule has 1 aromatic rings. The molecule has 0 amide bonds. The average molecular weight is 357 g/mol. The van der Waals surface area contributed by atoms with Gasteiger partial charge in [0.2, 0.25) is 8.32 Å². The second-order valence-corrected chi connectivity index (χ2v) is 12.6. The SMILES string of the molecule is CC(C)[Si](OCc1ccc(CBr)cc1)(C(C)C)C(C)C. The highest BCUT2D eigenvalue weighted by Crippen LogP contribution is 2.42. The molecular formula is C17H29BrOSi. The van der Waals surface area contributed by atoms with Gasteiger partial charge in [-0.25, -0.2) is 0 Å². The Labute approximate surface area is 134 Å². The highest BCUT2D eigenvalue weighted by atomic mass is 79.9. The molecule has 0 spiro atoms. The fourth-order valence-electron chi connectivity index (χ4n) is 3.43. The molecular weight excluding hydrogens is 328 g/mol. The average Bonchev–Trinajstić information content (AvgIpc) is 2.38. The predicted octanol–water partition coefficient (Wildman–Crippen LogP) is 6.27. The van der Waals surface area contributed by atoms with Gasteiger partial charge in [-0.2, -0.15) is 0 Å². The molecule has 0 aliphatic carbocycles. The summed E-state index contributed by atoms with van der Waals surface area (Å²) >= 11 is 3.49. The van der Waals surface area contributed by atoms with Crippen LogP contribution in [0, 0.1) is 0 Å². The number of hydrogen-bond donors (Lipinski definition) is 0. The lowest BCUT2D eigenvalue weighted by Gasteiger charge is -2.42. The first kappa shape index (κ1) is 17.9. The Morgan fingerprint density at radius 3 is 1.60 bits per heavy atom. The minimum atomic E-state index is -1.74. The van der Waals surface area contributed by atoms with Crippen LogP contribution in [0.1, 0.15) is 52.7 Å². The molecule has 1 rings (SSSR count). The Hall–Kier alpha value is -0.123. The lowest BCUT2D eigenvalue weighted by molar-refractivity contribution is 0.266. The van der Waals surface area contributed by atoms with Gasteiger partial charge in [-0.1, -0.05) is 81.7 Å². The van der Waals surface area contributed by atoms with E-state index >= 15 is 0 Å². The maximum absolute atomic E-state index is 6.60. The molecule has 0 unspecified atom stereocenters. The Morgan fingerprint density at radius 1 is 0.850 bits per heavy atom. The summed E-state index contributed by atoms with van der Waals surface area (Å²) in [6.45, 7) is 14.8. The number of alkyl halides is 1. The van der Waals surface area contributed by atoms with E-state index in [1.807, 2.05) is 0 Å². The molecule has 3 heteroatoms. The van der Waals surface area contributed by atoms with Crippen LogP contribution in [0.3, 0.4) is 0 Å². The van der Waals surface area contributed by atoms with Gasteiger partial charge in [0.15, 0.2) is 0 Å². The van der Waals surface area contributed by atoms with E-state index in [0.29, 0.717) is 16.6 Å². The third kappa shape index (κ3) is 3.96. The summed E-state index contributed by atoms with van der Waals surface area (Å²) in [7, 11) is -1.74. The lowest BCUT2D eigenvalue weighted by Crippen LogP contribution is -2.47. The van der Waals surface area contributed by atoms with Crippen LogP contribution >= 0.6 is 15.9 Å². The third-order valence-corrected chi connectivity index (χ3v) is 11.1. The standard InChI is InChI=1S/C17H29BrOSi/c1-13(2)20(14(3)4,15(5)6)19-12-17-9-7-16(11-18)8-10-17/h7-10,13-15H,11-12H2,1-6H3.